The van der Waals surface area contributed by atoms with E-state index in [0.717, 1.165) is 25.2 Å². The lowest BCUT2D eigenvalue weighted by atomic mass is 10.1. The quantitative estimate of drug-likeness (QED) is 0.779. The van der Waals surface area contributed by atoms with Gasteiger partial charge in [-0.3, -0.25) is 0 Å². The molecule has 0 spiro atoms. The van der Waals surface area contributed by atoms with Crippen LogP contribution in [0.25, 0.3) is 0 Å². The molecule has 3 rings (SSSR count). The van der Waals surface area contributed by atoms with Crippen LogP contribution in [0.5, 0.6) is 5.75 Å². The summed E-state index contributed by atoms with van der Waals surface area (Å²) in [5.41, 5.74) is 2.79. The minimum atomic E-state index is -0.307. The molecule has 0 aromatic heterocycles. The third kappa shape index (κ3) is 3.76. The lowest BCUT2D eigenvalue weighted by molar-refractivity contribution is -0.139. The van der Waals surface area contributed by atoms with E-state index in [0.29, 0.717) is 18.8 Å². The van der Waals surface area contributed by atoms with E-state index < -0.39 is 0 Å². The number of fused-ring (bicyclic) bond motifs is 1. The average Bonchev–Trinajstić information content (AvgIpc) is 2.95. The zero-order chi connectivity index (χ0) is 14.4. The van der Waals surface area contributed by atoms with Crippen molar-refractivity contribution in [3.63, 3.8) is 0 Å². The van der Waals surface area contributed by atoms with Crippen molar-refractivity contribution < 1.29 is 19.0 Å². The summed E-state index contributed by atoms with van der Waals surface area (Å²) in [6.45, 7) is 3.48. The highest BCUT2D eigenvalue weighted by Gasteiger charge is 2.11. The number of benzene rings is 1. The third-order valence-electron chi connectivity index (χ3n) is 3.30. The Hall–Kier alpha value is -1.97. The fourth-order valence-electron chi connectivity index (χ4n) is 2.12. The van der Waals surface area contributed by atoms with Crippen LogP contribution in [-0.2, 0) is 27.1 Å². The van der Waals surface area contributed by atoms with Crippen molar-refractivity contribution in [2.45, 2.75) is 26.2 Å². The number of hydrogen-bond acceptors (Lipinski definition) is 4. The van der Waals surface area contributed by atoms with Crippen LogP contribution >= 0.6 is 0 Å². The minimum Gasteiger partial charge on any atom is -0.501 e. The SMILES string of the molecule is CCc1ccc2c(c1)CCO2.COC1=CC(=O)OCC1. The summed E-state index contributed by atoms with van der Waals surface area (Å²) >= 11 is 0. The van der Waals surface area contributed by atoms with Gasteiger partial charge < -0.3 is 14.2 Å². The number of esters is 1. The van der Waals surface area contributed by atoms with Gasteiger partial charge in [0.1, 0.15) is 11.5 Å². The Kier molecular flexibility index (Phi) is 5.04. The third-order valence-corrected chi connectivity index (χ3v) is 3.30. The summed E-state index contributed by atoms with van der Waals surface area (Å²) in [7, 11) is 1.55. The molecule has 2 aliphatic rings. The molecule has 108 valence electrons. The largest absolute Gasteiger partial charge is 0.501 e. The first-order valence-corrected chi connectivity index (χ1v) is 6.89. The first-order valence-electron chi connectivity index (χ1n) is 6.89. The maximum atomic E-state index is 10.5. The second-order valence-electron chi connectivity index (χ2n) is 4.63. The molecule has 0 N–H and O–H groups in total. The Bertz CT molecular complexity index is 505. The second-order valence-corrected chi connectivity index (χ2v) is 4.63. The smallest absolute Gasteiger partial charge is 0.334 e. The van der Waals surface area contributed by atoms with Crippen molar-refractivity contribution in [1.82, 2.24) is 0 Å². The monoisotopic (exact) mass is 276 g/mol. The van der Waals surface area contributed by atoms with Crippen molar-refractivity contribution in [3.8, 4) is 5.75 Å². The number of ether oxygens (including phenoxy) is 3. The van der Waals surface area contributed by atoms with E-state index in [2.05, 4.69) is 29.9 Å². The summed E-state index contributed by atoms with van der Waals surface area (Å²) < 4.78 is 14.8. The van der Waals surface area contributed by atoms with Crippen LogP contribution in [0.3, 0.4) is 0 Å². The predicted octanol–water partition coefficient (Wildman–Crippen LogP) is 2.65. The number of rotatable bonds is 2. The summed E-state index contributed by atoms with van der Waals surface area (Å²) in [6.07, 6.45) is 4.27. The zero-order valence-corrected chi connectivity index (χ0v) is 12.0. The van der Waals surface area contributed by atoms with Gasteiger partial charge in [0.25, 0.3) is 0 Å². The average molecular weight is 276 g/mol. The van der Waals surface area contributed by atoms with Gasteiger partial charge in [-0.25, -0.2) is 4.79 Å². The standard InChI is InChI=1S/C10H12O.C6H8O3/c1-2-8-3-4-10-9(7-8)5-6-11-10;1-8-5-2-3-9-6(7)4-5/h3-4,7H,2,5-6H2,1H3;4H,2-3H2,1H3. The Morgan fingerprint density at radius 2 is 2.00 bits per heavy atom. The molecule has 0 aliphatic carbocycles. The molecule has 1 aromatic rings. The van der Waals surface area contributed by atoms with Gasteiger partial charge in [0.15, 0.2) is 0 Å². The Morgan fingerprint density at radius 3 is 2.65 bits per heavy atom. The number of methoxy groups -OCH3 is 1. The lowest BCUT2D eigenvalue weighted by Gasteiger charge is -2.10. The fourth-order valence-corrected chi connectivity index (χ4v) is 2.12. The minimum absolute atomic E-state index is 0.307. The number of carbonyl (C=O) groups is 1. The summed E-state index contributed by atoms with van der Waals surface area (Å²) in [4.78, 5) is 10.5. The molecule has 0 radical (unpaired) electrons. The van der Waals surface area contributed by atoms with Gasteiger partial charge >= 0.3 is 5.97 Å². The molecule has 4 heteroatoms. The van der Waals surface area contributed by atoms with Crippen molar-refractivity contribution in [2.75, 3.05) is 20.3 Å². The van der Waals surface area contributed by atoms with E-state index in [1.165, 1.54) is 17.2 Å². The molecule has 2 heterocycles. The highest BCUT2D eigenvalue weighted by Crippen LogP contribution is 2.25. The van der Waals surface area contributed by atoms with Gasteiger partial charge in [-0.1, -0.05) is 19.1 Å². The normalized spacial score (nSPS) is 16.1. The van der Waals surface area contributed by atoms with Crippen LogP contribution in [-0.4, -0.2) is 26.3 Å². The molecule has 0 saturated carbocycles. The van der Waals surface area contributed by atoms with E-state index in [4.69, 9.17) is 9.47 Å². The number of aryl methyl sites for hydroxylation is 1. The number of carbonyl (C=O) groups excluding carboxylic acids is 1. The van der Waals surface area contributed by atoms with Gasteiger partial charge in [-0.15, -0.1) is 0 Å². The van der Waals surface area contributed by atoms with E-state index in [1.807, 2.05) is 0 Å². The van der Waals surface area contributed by atoms with E-state index in [-0.39, 0.29) is 5.97 Å². The van der Waals surface area contributed by atoms with Crippen molar-refractivity contribution in [1.29, 1.82) is 0 Å². The summed E-state index contributed by atoms with van der Waals surface area (Å²) in [6, 6.07) is 6.48. The van der Waals surface area contributed by atoms with Crippen LogP contribution in [0.15, 0.2) is 30.0 Å². The van der Waals surface area contributed by atoms with Gasteiger partial charge in [0.05, 0.1) is 26.4 Å². The van der Waals surface area contributed by atoms with Crippen molar-refractivity contribution in [2.24, 2.45) is 0 Å². The topological polar surface area (TPSA) is 44.8 Å². The zero-order valence-electron chi connectivity index (χ0n) is 12.0. The fraction of sp³-hybridized carbons (Fsp3) is 0.438. The van der Waals surface area contributed by atoms with Gasteiger partial charge in [0, 0.05) is 12.8 Å². The lowest BCUT2D eigenvalue weighted by Crippen LogP contribution is -2.11. The maximum absolute atomic E-state index is 10.5. The predicted molar refractivity (Wildman–Crippen MR) is 75.7 cm³/mol. The van der Waals surface area contributed by atoms with Crippen LogP contribution in [0, 0.1) is 0 Å². The molecule has 0 atom stereocenters. The molecule has 2 aliphatic heterocycles. The van der Waals surface area contributed by atoms with Gasteiger partial charge in [-0.05, 0) is 23.6 Å². The first kappa shape index (κ1) is 14.4. The molecule has 20 heavy (non-hydrogen) atoms. The number of cyclic esters (lactones) is 1. The van der Waals surface area contributed by atoms with E-state index in [9.17, 15) is 4.79 Å². The molecule has 0 saturated heterocycles. The molecule has 1 aromatic carbocycles. The van der Waals surface area contributed by atoms with E-state index >= 15 is 0 Å². The Balaban J connectivity index is 0.000000151. The van der Waals surface area contributed by atoms with Gasteiger partial charge in [0.2, 0.25) is 0 Å². The molecule has 4 nitrogen and oxygen atoms in total. The highest BCUT2D eigenvalue weighted by atomic mass is 16.5. The molecular weight excluding hydrogens is 256 g/mol. The Labute approximate surface area is 119 Å². The van der Waals surface area contributed by atoms with E-state index in [1.54, 1.807) is 7.11 Å². The summed E-state index contributed by atoms with van der Waals surface area (Å²) in [5.74, 6) is 1.48. The highest BCUT2D eigenvalue weighted by molar-refractivity contribution is 5.83. The second kappa shape index (κ2) is 6.98. The van der Waals surface area contributed by atoms with Crippen LogP contribution in [0.1, 0.15) is 24.5 Å². The molecule has 0 unspecified atom stereocenters. The molecule has 0 fully saturated rings. The van der Waals surface area contributed by atoms with Crippen LogP contribution in [0.2, 0.25) is 0 Å². The van der Waals surface area contributed by atoms with Crippen LogP contribution in [0.4, 0.5) is 0 Å². The van der Waals surface area contributed by atoms with Crippen molar-refractivity contribution in [3.05, 3.63) is 41.2 Å². The first-order chi connectivity index (χ1) is 9.72. The maximum Gasteiger partial charge on any atom is 0.334 e. The number of hydrogen-bond donors (Lipinski definition) is 0. The Morgan fingerprint density at radius 1 is 1.20 bits per heavy atom. The molecule has 0 bridgehead atoms. The van der Waals surface area contributed by atoms with Crippen LogP contribution < -0.4 is 4.74 Å². The molecular formula is C16H20O4. The van der Waals surface area contributed by atoms with Crippen molar-refractivity contribution >= 4 is 5.97 Å². The van der Waals surface area contributed by atoms with Gasteiger partial charge in [-0.2, -0.15) is 0 Å². The summed E-state index contributed by atoms with van der Waals surface area (Å²) in [5, 5.41) is 0. The molecule has 0 amide bonds.